The lowest BCUT2D eigenvalue weighted by molar-refractivity contribution is 0.394. The lowest BCUT2D eigenvalue weighted by Crippen LogP contribution is -1.91. The Kier molecular flexibility index (Phi) is 3.25. The van der Waals surface area contributed by atoms with Gasteiger partial charge < -0.3 is 9.47 Å². The van der Waals surface area contributed by atoms with Gasteiger partial charge in [-0.05, 0) is 23.6 Å². The fourth-order valence-corrected chi connectivity index (χ4v) is 2.29. The maximum atomic E-state index is 5.32. The zero-order valence-electron chi connectivity index (χ0n) is 11.5. The highest BCUT2D eigenvalue weighted by Gasteiger charge is 2.08. The van der Waals surface area contributed by atoms with Gasteiger partial charge >= 0.3 is 0 Å². The van der Waals surface area contributed by atoms with Crippen LogP contribution in [0.5, 0.6) is 11.5 Å². The number of nitrogens with zero attached hydrogens (tertiary/aromatic N) is 1. The molecule has 0 radical (unpaired) electrons. The summed E-state index contributed by atoms with van der Waals surface area (Å²) in [5.41, 5.74) is 1.92. The minimum Gasteiger partial charge on any atom is -0.497 e. The van der Waals surface area contributed by atoms with Crippen molar-refractivity contribution in [2.75, 3.05) is 14.2 Å². The predicted octanol–water partition coefficient (Wildman–Crippen LogP) is 3.92. The predicted molar refractivity (Wildman–Crippen MR) is 80.3 cm³/mol. The van der Waals surface area contributed by atoms with E-state index >= 15 is 0 Å². The number of rotatable bonds is 3. The lowest BCUT2D eigenvalue weighted by Gasteiger charge is -2.10. The SMILES string of the molecule is COc1cc(OC)cc(-c2nccc3ccccc23)c1. The normalized spacial score (nSPS) is 10.5. The molecule has 2 aromatic carbocycles. The molecule has 0 bridgehead atoms. The largest absolute Gasteiger partial charge is 0.497 e. The second-order valence-corrected chi connectivity index (χ2v) is 4.48. The third kappa shape index (κ3) is 2.18. The van der Waals surface area contributed by atoms with Gasteiger partial charge in [-0.15, -0.1) is 0 Å². The Bertz CT molecular complexity index is 725. The van der Waals surface area contributed by atoms with Crippen molar-refractivity contribution in [1.82, 2.24) is 4.98 Å². The molecule has 1 aromatic heterocycles. The topological polar surface area (TPSA) is 31.4 Å². The van der Waals surface area contributed by atoms with Gasteiger partial charge in [0.15, 0.2) is 0 Å². The summed E-state index contributed by atoms with van der Waals surface area (Å²) in [4.78, 5) is 4.52. The zero-order valence-corrected chi connectivity index (χ0v) is 11.5. The van der Waals surface area contributed by atoms with E-state index in [1.165, 1.54) is 5.39 Å². The van der Waals surface area contributed by atoms with Gasteiger partial charge in [0, 0.05) is 23.2 Å². The van der Waals surface area contributed by atoms with Crippen molar-refractivity contribution in [2.24, 2.45) is 0 Å². The van der Waals surface area contributed by atoms with Crippen LogP contribution in [0.4, 0.5) is 0 Å². The molecule has 0 unspecified atom stereocenters. The van der Waals surface area contributed by atoms with E-state index in [2.05, 4.69) is 17.1 Å². The Balaban J connectivity index is 2.25. The molecule has 1 heterocycles. The molecule has 0 aliphatic carbocycles. The van der Waals surface area contributed by atoms with Crippen molar-refractivity contribution in [3.8, 4) is 22.8 Å². The van der Waals surface area contributed by atoms with Gasteiger partial charge in [-0.1, -0.05) is 24.3 Å². The molecule has 0 fully saturated rings. The van der Waals surface area contributed by atoms with Gasteiger partial charge in [0.25, 0.3) is 0 Å². The van der Waals surface area contributed by atoms with Crippen LogP contribution in [0.25, 0.3) is 22.0 Å². The standard InChI is InChI=1S/C17H15NO2/c1-19-14-9-13(10-15(11-14)20-2)17-16-6-4-3-5-12(16)7-8-18-17/h3-11H,1-2H3. The molecular weight excluding hydrogens is 250 g/mol. The van der Waals surface area contributed by atoms with Crippen LogP contribution in [-0.4, -0.2) is 19.2 Å². The van der Waals surface area contributed by atoms with Gasteiger partial charge in [-0.3, -0.25) is 4.98 Å². The summed E-state index contributed by atoms with van der Waals surface area (Å²) >= 11 is 0. The number of aromatic nitrogens is 1. The first-order chi connectivity index (χ1) is 9.81. The summed E-state index contributed by atoms with van der Waals surface area (Å²) in [6, 6.07) is 16.0. The summed E-state index contributed by atoms with van der Waals surface area (Å²) in [7, 11) is 3.30. The van der Waals surface area contributed by atoms with Gasteiger partial charge in [0.2, 0.25) is 0 Å². The summed E-state index contributed by atoms with van der Waals surface area (Å²) in [5, 5.41) is 2.28. The monoisotopic (exact) mass is 265 g/mol. The highest BCUT2D eigenvalue weighted by atomic mass is 16.5. The molecule has 0 amide bonds. The van der Waals surface area contributed by atoms with Crippen LogP contribution in [0, 0.1) is 0 Å². The molecule has 0 aliphatic rings. The van der Waals surface area contributed by atoms with Crippen molar-refractivity contribution in [2.45, 2.75) is 0 Å². The molecule has 0 aliphatic heterocycles. The van der Waals surface area contributed by atoms with E-state index in [1.807, 2.05) is 42.6 Å². The lowest BCUT2D eigenvalue weighted by atomic mass is 10.0. The van der Waals surface area contributed by atoms with Gasteiger partial charge in [-0.25, -0.2) is 0 Å². The van der Waals surface area contributed by atoms with Crippen molar-refractivity contribution >= 4 is 10.8 Å². The van der Waals surface area contributed by atoms with Crippen molar-refractivity contribution in [3.63, 3.8) is 0 Å². The molecule has 3 aromatic rings. The highest BCUT2D eigenvalue weighted by molar-refractivity contribution is 5.94. The van der Waals surface area contributed by atoms with Gasteiger partial charge in [0.1, 0.15) is 11.5 Å². The number of methoxy groups -OCH3 is 2. The van der Waals surface area contributed by atoms with Crippen LogP contribution < -0.4 is 9.47 Å². The molecule has 0 N–H and O–H groups in total. The third-order valence-electron chi connectivity index (χ3n) is 3.30. The molecule has 100 valence electrons. The molecule has 3 rings (SSSR count). The molecule has 0 saturated carbocycles. The van der Waals surface area contributed by atoms with Crippen LogP contribution in [0.3, 0.4) is 0 Å². The Morgan fingerprint density at radius 1 is 0.850 bits per heavy atom. The number of fused-ring (bicyclic) bond motifs is 1. The van der Waals surface area contributed by atoms with Gasteiger partial charge in [0.05, 0.1) is 19.9 Å². The van der Waals surface area contributed by atoms with Crippen molar-refractivity contribution in [1.29, 1.82) is 0 Å². The highest BCUT2D eigenvalue weighted by Crippen LogP contribution is 2.32. The Labute approximate surface area is 117 Å². The first-order valence-corrected chi connectivity index (χ1v) is 6.39. The summed E-state index contributed by atoms with van der Waals surface area (Å²) < 4.78 is 10.6. The molecular formula is C17H15NO2. The Hall–Kier alpha value is -2.55. The van der Waals surface area contributed by atoms with Crippen LogP contribution >= 0.6 is 0 Å². The second-order valence-electron chi connectivity index (χ2n) is 4.48. The van der Waals surface area contributed by atoms with E-state index in [1.54, 1.807) is 14.2 Å². The van der Waals surface area contributed by atoms with Crippen LogP contribution in [-0.2, 0) is 0 Å². The van der Waals surface area contributed by atoms with Crippen LogP contribution in [0.1, 0.15) is 0 Å². The third-order valence-corrected chi connectivity index (χ3v) is 3.30. The van der Waals surface area contributed by atoms with E-state index < -0.39 is 0 Å². The first kappa shape index (κ1) is 12.5. The maximum absolute atomic E-state index is 5.32. The minimum atomic E-state index is 0.758. The van der Waals surface area contributed by atoms with Gasteiger partial charge in [-0.2, -0.15) is 0 Å². The number of ether oxygens (including phenoxy) is 2. The maximum Gasteiger partial charge on any atom is 0.123 e. The van der Waals surface area contributed by atoms with E-state index in [0.29, 0.717) is 0 Å². The average molecular weight is 265 g/mol. The summed E-state index contributed by atoms with van der Waals surface area (Å²) in [6.45, 7) is 0. The smallest absolute Gasteiger partial charge is 0.123 e. The molecule has 0 spiro atoms. The summed E-state index contributed by atoms with van der Waals surface area (Å²) in [5.74, 6) is 1.52. The molecule has 0 saturated heterocycles. The Morgan fingerprint density at radius 3 is 2.25 bits per heavy atom. The van der Waals surface area contributed by atoms with E-state index in [4.69, 9.17) is 9.47 Å². The fraction of sp³-hybridized carbons (Fsp3) is 0.118. The molecule has 20 heavy (non-hydrogen) atoms. The minimum absolute atomic E-state index is 0.758. The van der Waals surface area contributed by atoms with E-state index in [-0.39, 0.29) is 0 Å². The molecule has 3 heteroatoms. The Morgan fingerprint density at radius 2 is 1.55 bits per heavy atom. The quantitative estimate of drug-likeness (QED) is 0.719. The fourth-order valence-electron chi connectivity index (χ4n) is 2.29. The molecule has 3 nitrogen and oxygen atoms in total. The molecule has 0 atom stereocenters. The number of benzene rings is 2. The average Bonchev–Trinajstić information content (AvgIpc) is 2.53. The van der Waals surface area contributed by atoms with Crippen LogP contribution in [0.15, 0.2) is 54.7 Å². The number of hydrogen-bond donors (Lipinski definition) is 0. The first-order valence-electron chi connectivity index (χ1n) is 6.39. The van der Waals surface area contributed by atoms with Crippen molar-refractivity contribution < 1.29 is 9.47 Å². The van der Waals surface area contributed by atoms with Crippen molar-refractivity contribution in [3.05, 3.63) is 54.7 Å². The summed E-state index contributed by atoms with van der Waals surface area (Å²) in [6.07, 6.45) is 1.82. The zero-order chi connectivity index (χ0) is 13.9. The number of hydrogen-bond acceptors (Lipinski definition) is 3. The van der Waals surface area contributed by atoms with Crippen LogP contribution in [0.2, 0.25) is 0 Å². The number of pyridine rings is 1. The second kappa shape index (κ2) is 5.21. The van der Waals surface area contributed by atoms with E-state index in [0.717, 1.165) is 28.1 Å². The van der Waals surface area contributed by atoms with E-state index in [9.17, 15) is 0 Å².